The molecule has 0 radical (unpaired) electrons. The van der Waals surface area contributed by atoms with Crippen molar-refractivity contribution in [3.63, 3.8) is 0 Å². The van der Waals surface area contributed by atoms with Gasteiger partial charge in [0, 0.05) is 12.0 Å². The van der Waals surface area contributed by atoms with Gasteiger partial charge in [0.1, 0.15) is 12.4 Å². The predicted molar refractivity (Wildman–Crippen MR) is 61.3 cm³/mol. The second kappa shape index (κ2) is 5.21. The molecule has 1 aromatic heterocycles. The van der Waals surface area contributed by atoms with Crippen molar-refractivity contribution in [1.82, 2.24) is 20.2 Å². The summed E-state index contributed by atoms with van der Waals surface area (Å²) in [6.07, 6.45) is 0.805. The lowest BCUT2D eigenvalue weighted by Crippen LogP contribution is -2.00. The normalized spacial score (nSPS) is 9.76. The van der Waals surface area contributed by atoms with Gasteiger partial charge in [0.05, 0.1) is 0 Å². The fourth-order valence-corrected chi connectivity index (χ4v) is 1.28. The summed E-state index contributed by atoms with van der Waals surface area (Å²) < 4.78 is 12.7. The number of halogens is 1. The third-order valence-corrected chi connectivity index (χ3v) is 2.08. The van der Waals surface area contributed by atoms with Crippen LogP contribution in [-0.4, -0.2) is 20.2 Å². The van der Waals surface area contributed by atoms with Crippen LogP contribution in [0.15, 0.2) is 24.3 Å². The molecule has 1 heterocycles. The van der Waals surface area contributed by atoms with Gasteiger partial charge in [-0.05, 0) is 29.5 Å². The van der Waals surface area contributed by atoms with Crippen LogP contribution in [0.3, 0.4) is 0 Å². The van der Waals surface area contributed by atoms with Gasteiger partial charge >= 0.3 is 0 Å². The number of tetrazole rings is 1. The van der Waals surface area contributed by atoms with E-state index in [1.54, 1.807) is 12.1 Å². The summed E-state index contributed by atoms with van der Waals surface area (Å²) in [6, 6.07) is 5.97. The molecule has 0 saturated carbocycles. The quantitative estimate of drug-likeness (QED) is 0.740. The summed E-state index contributed by atoms with van der Waals surface area (Å²) in [5.41, 5.74) is 0.737. The smallest absolute Gasteiger partial charge is 0.204 e. The maximum atomic E-state index is 12.7. The first-order valence-corrected chi connectivity index (χ1v) is 5.29. The molecule has 2 rings (SSSR count). The summed E-state index contributed by atoms with van der Waals surface area (Å²) in [6.45, 7) is 2.40. The largest absolute Gasteiger partial charge is 0.207 e. The van der Waals surface area contributed by atoms with Gasteiger partial charge in [0.25, 0.3) is 0 Å². The minimum Gasteiger partial charge on any atom is -0.207 e. The summed E-state index contributed by atoms with van der Waals surface area (Å²) >= 11 is 0. The highest BCUT2D eigenvalue weighted by molar-refractivity contribution is 5.53. The summed E-state index contributed by atoms with van der Waals surface area (Å²) in [5.74, 6) is 6.03. The van der Waals surface area contributed by atoms with Crippen molar-refractivity contribution in [1.29, 1.82) is 0 Å². The summed E-state index contributed by atoms with van der Waals surface area (Å²) in [5, 5.41) is 11.9. The first-order valence-electron chi connectivity index (χ1n) is 5.29. The Bertz CT molecular complexity index is 548. The van der Waals surface area contributed by atoms with Gasteiger partial charge in [0.2, 0.25) is 5.82 Å². The highest BCUT2D eigenvalue weighted by Crippen LogP contribution is 2.13. The van der Waals surface area contributed by atoms with E-state index in [1.807, 2.05) is 6.92 Å². The van der Waals surface area contributed by atoms with Crippen LogP contribution in [0, 0.1) is 17.7 Å². The molecule has 0 saturated heterocycles. The molecule has 1 aromatic carbocycles. The molecule has 17 heavy (non-hydrogen) atoms. The summed E-state index contributed by atoms with van der Waals surface area (Å²) in [7, 11) is 0. The van der Waals surface area contributed by atoms with E-state index in [0.29, 0.717) is 12.4 Å². The van der Waals surface area contributed by atoms with Gasteiger partial charge in [-0.3, -0.25) is 0 Å². The molecule has 0 amide bonds. The Kier molecular flexibility index (Phi) is 3.46. The maximum absolute atomic E-state index is 12.7. The molecule has 0 aliphatic heterocycles. The Morgan fingerprint density at radius 2 is 2.00 bits per heavy atom. The molecule has 86 valence electrons. The minimum atomic E-state index is -0.282. The standard InChI is InChI=1S/C12H11FN4/c1-2-3-4-9-17-15-12(14-16-17)10-5-7-11(13)8-6-10/h5-8H,2,9H2,1H3. The monoisotopic (exact) mass is 230 g/mol. The van der Waals surface area contributed by atoms with E-state index in [9.17, 15) is 4.39 Å². The van der Waals surface area contributed by atoms with Crippen LogP contribution in [-0.2, 0) is 6.54 Å². The van der Waals surface area contributed by atoms with Crippen LogP contribution in [0.25, 0.3) is 11.4 Å². The number of benzene rings is 1. The van der Waals surface area contributed by atoms with E-state index in [-0.39, 0.29) is 5.82 Å². The van der Waals surface area contributed by atoms with Crippen molar-refractivity contribution < 1.29 is 4.39 Å². The lowest BCUT2D eigenvalue weighted by Gasteiger charge is -1.93. The topological polar surface area (TPSA) is 43.6 Å². The van der Waals surface area contributed by atoms with Crippen molar-refractivity contribution in [2.45, 2.75) is 19.9 Å². The number of hydrogen-bond acceptors (Lipinski definition) is 3. The second-order valence-corrected chi connectivity index (χ2v) is 3.36. The number of nitrogens with zero attached hydrogens (tertiary/aromatic N) is 4. The number of hydrogen-bond donors (Lipinski definition) is 0. The Morgan fingerprint density at radius 3 is 2.71 bits per heavy atom. The van der Waals surface area contributed by atoms with Crippen molar-refractivity contribution in [3.8, 4) is 23.2 Å². The van der Waals surface area contributed by atoms with Crippen LogP contribution in [0.2, 0.25) is 0 Å². The molecule has 2 aromatic rings. The third kappa shape index (κ3) is 2.88. The van der Waals surface area contributed by atoms with Gasteiger partial charge in [0.15, 0.2) is 0 Å². The highest BCUT2D eigenvalue weighted by atomic mass is 19.1. The van der Waals surface area contributed by atoms with E-state index < -0.39 is 0 Å². The number of rotatable bonds is 2. The fourth-order valence-electron chi connectivity index (χ4n) is 1.28. The van der Waals surface area contributed by atoms with E-state index in [4.69, 9.17) is 0 Å². The van der Waals surface area contributed by atoms with Crippen molar-refractivity contribution >= 4 is 0 Å². The van der Waals surface area contributed by atoms with Crippen LogP contribution in [0.5, 0.6) is 0 Å². The Labute approximate surface area is 98.5 Å². The first-order chi connectivity index (χ1) is 8.29. The van der Waals surface area contributed by atoms with E-state index >= 15 is 0 Å². The molecule has 0 bridgehead atoms. The molecule has 0 aliphatic carbocycles. The maximum Gasteiger partial charge on any atom is 0.204 e. The lowest BCUT2D eigenvalue weighted by molar-refractivity contribution is 0.592. The molecule has 5 heteroatoms. The lowest BCUT2D eigenvalue weighted by atomic mass is 10.2. The summed E-state index contributed by atoms with van der Waals surface area (Å²) in [4.78, 5) is 1.42. The molecule has 0 aliphatic rings. The average molecular weight is 230 g/mol. The first kappa shape index (κ1) is 11.3. The molecule has 0 spiro atoms. The van der Waals surface area contributed by atoms with Gasteiger partial charge in [-0.25, -0.2) is 4.39 Å². The molecule has 4 nitrogen and oxygen atoms in total. The zero-order valence-corrected chi connectivity index (χ0v) is 9.39. The van der Waals surface area contributed by atoms with E-state index in [1.165, 1.54) is 16.9 Å². The number of aromatic nitrogens is 4. The van der Waals surface area contributed by atoms with Crippen LogP contribution < -0.4 is 0 Å². The van der Waals surface area contributed by atoms with Crippen LogP contribution >= 0.6 is 0 Å². The van der Waals surface area contributed by atoms with E-state index in [2.05, 4.69) is 27.3 Å². The molecule has 0 unspecified atom stereocenters. The van der Waals surface area contributed by atoms with Crippen LogP contribution in [0.1, 0.15) is 13.3 Å². The molecular formula is C12H11FN4. The van der Waals surface area contributed by atoms with Gasteiger partial charge in [-0.15, -0.1) is 16.1 Å². The fraction of sp³-hybridized carbons (Fsp3) is 0.250. The van der Waals surface area contributed by atoms with E-state index in [0.717, 1.165) is 12.0 Å². The van der Waals surface area contributed by atoms with Gasteiger partial charge in [-0.2, -0.15) is 4.80 Å². The zero-order valence-electron chi connectivity index (χ0n) is 9.39. The average Bonchev–Trinajstić information content (AvgIpc) is 2.79. The molecule has 0 fully saturated rings. The predicted octanol–water partition coefficient (Wildman–Crippen LogP) is 1.89. The Morgan fingerprint density at radius 1 is 1.24 bits per heavy atom. The van der Waals surface area contributed by atoms with Crippen molar-refractivity contribution in [2.24, 2.45) is 0 Å². The zero-order chi connectivity index (χ0) is 12.1. The van der Waals surface area contributed by atoms with Gasteiger partial charge in [-0.1, -0.05) is 12.8 Å². The second-order valence-electron chi connectivity index (χ2n) is 3.36. The minimum absolute atomic E-state index is 0.282. The van der Waals surface area contributed by atoms with Crippen molar-refractivity contribution in [2.75, 3.05) is 0 Å². The molecular weight excluding hydrogens is 219 g/mol. The van der Waals surface area contributed by atoms with Crippen LogP contribution in [0.4, 0.5) is 4.39 Å². The SMILES string of the molecule is CCC#CCn1nnc(-c2ccc(F)cc2)n1. The molecule has 0 N–H and O–H groups in total. The third-order valence-electron chi connectivity index (χ3n) is 2.08. The Balaban J connectivity index is 2.15. The highest BCUT2D eigenvalue weighted by Gasteiger charge is 2.04. The Hall–Kier alpha value is -2.22. The molecule has 0 atom stereocenters. The van der Waals surface area contributed by atoms with Crippen molar-refractivity contribution in [3.05, 3.63) is 30.1 Å². The van der Waals surface area contributed by atoms with Gasteiger partial charge < -0.3 is 0 Å².